The zero-order valence-electron chi connectivity index (χ0n) is 11.2. The molecule has 1 fully saturated rings. The van der Waals surface area contributed by atoms with Crippen molar-refractivity contribution in [3.05, 3.63) is 0 Å². The van der Waals surface area contributed by atoms with Crippen molar-refractivity contribution >= 4 is 5.91 Å². The number of hydrogen-bond donors (Lipinski definition) is 1. The number of nitrogens with zero attached hydrogens (tertiary/aromatic N) is 2. The molecule has 0 aromatic carbocycles. The molecule has 0 aliphatic carbocycles. The third kappa shape index (κ3) is 4.61. The molecule has 1 atom stereocenters. The van der Waals surface area contributed by atoms with Crippen molar-refractivity contribution in [1.29, 1.82) is 0 Å². The van der Waals surface area contributed by atoms with Crippen molar-refractivity contribution in [1.82, 2.24) is 15.1 Å². The van der Waals surface area contributed by atoms with Crippen molar-refractivity contribution in [3.8, 4) is 0 Å². The molecule has 1 unspecified atom stereocenters. The summed E-state index contributed by atoms with van der Waals surface area (Å²) >= 11 is 0. The smallest absolute Gasteiger partial charge is 0.236 e. The Kier molecular flexibility index (Phi) is 6.47. The van der Waals surface area contributed by atoms with E-state index in [-0.39, 0.29) is 11.9 Å². The summed E-state index contributed by atoms with van der Waals surface area (Å²) in [4.78, 5) is 16.2. The van der Waals surface area contributed by atoms with E-state index >= 15 is 0 Å². The van der Waals surface area contributed by atoms with Crippen LogP contribution < -0.4 is 5.32 Å². The van der Waals surface area contributed by atoms with E-state index in [1.54, 1.807) is 7.11 Å². The summed E-state index contributed by atoms with van der Waals surface area (Å²) in [7, 11) is 1.70. The van der Waals surface area contributed by atoms with Gasteiger partial charge in [-0.25, -0.2) is 0 Å². The van der Waals surface area contributed by atoms with Gasteiger partial charge in [-0.2, -0.15) is 0 Å². The van der Waals surface area contributed by atoms with Crippen LogP contribution in [-0.2, 0) is 9.53 Å². The Morgan fingerprint density at radius 2 is 2.12 bits per heavy atom. The molecule has 5 nitrogen and oxygen atoms in total. The standard InChI is InChI=1S/C12H25N3O2/c1-4-14(11(2)10-17-3)9-12(16)15-7-5-13-6-8-15/h11,13H,4-10H2,1-3H3. The highest BCUT2D eigenvalue weighted by Gasteiger charge is 2.21. The van der Waals surface area contributed by atoms with E-state index in [1.807, 2.05) is 4.90 Å². The van der Waals surface area contributed by atoms with Crippen molar-refractivity contribution in [3.63, 3.8) is 0 Å². The number of rotatable bonds is 6. The third-order valence-electron chi connectivity index (χ3n) is 3.25. The molecule has 0 saturated carbocycles. The average Bonchev–Trinajstić information content (AvgIpc) is 2.37. The topological polar surface area (TPSA) is 44.8 Å². The molecule has 1 rings (SSSR count). The first-order chi connectivity index (χ1) is 8.19. The number of hydrogen-bond acceptors (Lipinski definition) is 4. The number of carbonyl (C=O) groups is 1. The molecule has 0 aromatic rings. The Labute approximate surface area is 104 Å². The molecular formula is C12H25N3O2. The molecule has 1 aliphatic rings. The number of nitrogens with one attached hydrogen (secondary N) is 1. The lowest BCUT2D eigenvalue weighted by Gasteiger charge is -2.32. The zero-order valence-corrected chi connectivity index (χ0v) is 11.2. The molecule has 5 heteroatoms. The minimum atomic E-state index is 0.233. The molecule has 1 amide bonds. The van der Waals surface area contributed by atoms with Gasteiger partial charge in [0.05, 0.1) is 13.2 Å². The monoisotopic (exact) mass is 243 g/mol. The van der Waals surface area contributed by atoms with Crippen molar-refractivity contribution in [2.24, 2.45) is 0 Å². The summed E-state index contributed by atoms with van der Waals surface area (Å²) in [6.07, 6.45) is 0. The first-order valence-electron chi connectivity index (χ1n) is 6.40. The third-order valence-corrected chi connectivity index (χ3v) is 3.25. The van der Waals surface area contributed by atoms with E-state index in [9.17, 15) is 4.79 Å². The fourth-order valence-corrected chi connectivity index (χ4v) is 2.11. The summed E-state index contributed by atoms with van der Waals surface area (Å²) in [6.45, 7) is 9.70. The SMILES string of the molecule is CCN(CC(=O)N1CCNCC1)C(C)COC. The highest BCUT2D eigenvalue weighted by atomic mass is 16.5. The van der Waals surface area contributed by atoms with E-state index in [2.05, 4.69) is 24.1 Å². The molecule has 0 radical (unpaired) electrons. The summed E-state index contributed by atoms with van der Waals surface area (Å²) in [6, 6.07) is 0.289. The van der Waals surface area contributed by atoms with Gasteiger partial charge >= 0.3 is 0 Å². The lowest BCUT2D eigenvalue weighted by molar-refractivity contribution is -0.133. The van der Waals surface area contributed by atoms with Gasteiger partial charge in [0.25, 0.3) is 0 Å². The predicted molar refractivity (Wildman–Crippen MR) is 68.0 cm³/mol. The predicted octanol–water partition coefficient (Wildman–Crippen LogP) is -0.225. The maximum absolute atomic E-state index is 12.1. The quantitative estimate of drug-likeness (QED) is 0.700. The number of likely N-dealkylation sites (N-methyl/N-ethyl adjacent to an activating group) is 1. The van der Waals surface area contributed by atoms with Gasteiger partial charge in [-0.1, -0.05) is 6.92 Å². The van der Waals surface area contributed by atoms with Crippen LogP contribution in [0.25, 0.3) is 0 Å². The largest absolute Gasteiger partial charge is 0.383 e. The molecule has 0 bridgehead atoms. The van der Waals surface area contributed by atoms with Crippen LogP contribution in [0.3, 0.4) is 0 Å². The van der Waals surface area contributed by atoms with Crippen LogP contribution in [0, 0.1) is 0 Å². The van der Waals surface area contributed by atoms with E-state index in [1.165, 1.54) is 0 Å². The Morgan fingerprint density at radius 1 is 1.47 bits per heavy atom. The second-order valence-electron chi connectivity index (χ2n) is 4.50. The molecule has 0 spiro atoms. The molecule has 1 N–H and O–H groups in total. The fourth-order valence-electron chi connectivity index (χ4n) is 2.11. The Hall–Kier alpha value is -0.650. The second kappa shape index (κ2) is 7.63. The molecule has 1 aliphatic heterocycles. The Balaban J connectivity index is 2.40. The zero-order chi connectivity index (χ0) is 12.7. The molecule has 1 heterocycles. The van der Waals surface area contributed by atoms with Crippen LogP contribution >= 0.6 is 0 Å². The van der Waals surface area contributed by atoms with Crippen molar-refractivity contribution in [2.45, 2.75) is 19.9 Å². The normalized spacial score (nSPS) is 18.5. The first-order valence-corrected chi connectivity index (χ1v) is 6.40. The van der Waals surface area contributed by atoms with Crippen LogP contribution in [0.15, 0.2) is 0 Å². The van der Waals surface area contributed by atoms with Gasteiger partial charge in [0, 0.05) is 39.3 Å². The summed E-state index contributed by atoms with van der Waals surface area (Å²) in [5.41, 5.74) is 0. The molecule has 0 aromatic heterocycles. The fraction of sp³-hybridized carbons (Fsp3) is 0.917. The average molecular weight is 243 g/mol. The Bertz CT molecular complexity index is 230. The van der Waals surface area contributed by atoms with Crippen molar-refractivity contribution in [2.75, 3.05) is 53.0 Å². The number of amides is 1. The van der Waals surface area contributed by atoms with E-state index in [4.69, 9.17) is 4.74 Å². The van der Waals surface area contributed by atoms with Crippen molar-refractivity contribution < 1.29 is 9.53 Å². The molecule has 17 heavy (non-hydrogen) atoms. The van der Waals surface area contributed by atoms with Gasteiger partial charge < -0.3 is 15.0 Å². The summed E-state index contributed by atoms with van der Waals surface area (Å²) < 4.78 is 5.14. The van der Waals surface area contributed by atoms with Gasteiger partial charge in [0.15, 0.2) is 0 Å². The number of ether oxygens (including phenoxy) is 1. The van der Waals surface area contributed by atoms with Crippen LogP contribution in [0.2, 0.25) is 0 Å². The number of methoxy groups -OCH3 is 1. The maximum atomic E-state index is 12.1. The minimum absolute atomic E-state index is 0.233. The number of piperazine rings is 1. The van der Waals surface area contributed by atoms with Gasteiger partial charge in [0.2, 0.25) is 5.91 Å². The lowest BCUT2D eigenvalue weighted by Crippen LogP contribution is -2.51. The van der Waals surface area contributed by atoms with E-state index < -0.39 is 0 Å². The number of carbonyl (C=O) groups excluding carboxylic acids is 1. The van der Waals surface area contributed by atoms with Gasteiger partial charge in [0.1, 0.15) is 0 Å². The Morgan fingerprint density at radius 3 is 2.65 bits per heavy atom. The summed E-state index contributed by atoms with van der Waals surface area (Å²) in [5.74, 6) is 0.233. The van der Waals surface area contributed by atoms with Crippen LogP contribution in [0.4, 0.5) is 0 Å². The van der Waals surface area contributed by atoms with E-state index in [0.29, 0.717) is 13.2 Å². The van der Waals surface area contributed by atoms with Crippen LogP contribution in [0.5, 0.6) is 0 Å². The second-order valence-corrected chi connectivity index (χ2v) is 4.50. The van der Waals surface area contributed by atoms with Crippen LogP contribution in [-0.4, -0.2) is 74.7 Å². The van der Waals surface area contributed by atoms with Gasteiger partial charge in [-0.15, -0.1) is 0 Å². The highest BCUT2D eigenvalue weighted by molar-refractivity contribution is 5.78. The molecule has 100 valence electrons. The van der Waals surface area contributed by atoms with Gasteiger partial charge in [-0.05, 0) is 13.5 Å². The minimum Gasteiger partial charge on any atom is -0.383 e. The first kappa shape index (κ1) is 14.4. The summed E-state index contributed by atoms with van der Waals surface area (Å²) in [5, 5.41) is 3.25. The van der Waals surface area contributed by atoms with Crippen LogP contribution in [0.1, 0.15) is 13.8 Å². The van der Waals surface area contributed by atoms with E-state index in [0.717, 1.165) is 32.7 Å². The molecule has 1 saturated heterocycles. The lowest BCUT2D eigenvalue weighted by atomic mass is 10.2. The maximum Gasteiger partial charge on any atom is 0.236 e. The van der Waals surface area contributed by atoms with Gasteiger partial charge in [-0.3, -0.25) is 9.69 Å². The molecular weight excluding hydrogens is 218 g/mol. The highest BCUT2D eigenvalue weighted by Crippen LogP contribution is 2.02.